The predicted octanol–water partition coefficient (Wildman–Crippen LogP) is 3.48. The van der Waals surface area contributed by atoms with E-state index in [0.717, 1.165) is 28.5 Å². The van der Waals surface area contributed by atoms with Gasteiger partial charge in [-0.25, -0.2) is 0 Å². The molecule has 1 aliphatic rings. The van der Waals surface area contributed by atoms with Crippen molar-refractivity contribution in [1.29, 1.82) is 0 Å². The Labute approximate surface area is 125 Å². The monoisotopic (exact) mass is 285 g/mol. The van der Waals surface area contributed by atoms with E-state index in [-0.39, 0.29) is 0 Å². The van der Waals surface area contributed by atoms with Gasteiger partial charge in [0.1, 0.15) is 5.76 Å². The van der Waals surface area contributed by atoms with Crippen LogP contribution in [0.15, 0.2) is 64.9 Å². The summed E-state index contributed by atoms with van der Waals surface area (Å²) in [5.41, 5.74) is 8.20. The van der Waals surface area contributed by atoms with Crippen LogP contribution in [-0.4, -0.2) is 12.9 Å². The number of methoxy groups -OCH3 is 1. The largest absolute Gasteiger partial charge is 0.496 e. The van der Waals surface area contributed by atoms with Crippen molar-refractivity contribution in [3.05, 3.63) is 70.5 Å². The van der Waals surface area contributed by atoms with Crippen LogP contribution < -0.4 is 5.73 Å². The molecule has 20 heavy (non-hydrogen) atoms. The van der Waals surface area contributed by atoms with Crippen LogP contribution in [0.5, 0.6) is 0 Å². The van der Waals surface area contributed by atoms with Crippen molar-refractivity contribution >= 4 is 11.8 Å². The maximum Gasteiger partial charge on any atom is 0.122 e. The zero-order valence-electron chi connectivity index (χ0n) is 11.6. The Kier molecular flexibility index (Phi) is 7.16. The van der Waals surface area contributed by atoms with E-state index < -0.39 is 0 Å². The molecule has 0 fully saturated rings. The minimum absolute atomic E-state index is 0.857. The summed E-state index contributed by atoms with van der Waals surface area (Å²) in [6.07, 6.45) is 15.0. The molecule has 0 spiro atoms. The number of hydrogen-bond acceptors (Lipinski definition) is 3. The Bertz CT molecular complexity index is 526. The van der Waals surface area contributed by atoms with Crippen molar-refractivity contribution in [2.24, 2.45) is 5.73 Å². The average molecular weight is 285 g/mol. The lowest BCUT2D eigenvalue weighted by Gasteiger charge is -2.03. The highest BCUT2D eigenvalue weighted by molar-refractivity contribution is 8.03. The minimum atomic E-state index is 0.857. The summed E-state index contributed by atoms with van der Waals surface area (Å²) in [6.45, 7) is 0. The normalized spacial score (nSPS) is 16.2. The quantitative estimate of drug-likeness (QED) is 0.679. The smallest absolute Gasteiger partial charge is 0.122 e. The highest BCUT2D eigenvalue weighted by atomic mass is 32.2. The Morgan fingerprint density at radius 3 is 2.60 bits per heavy atom. The van der Waals surface area contributed by atoms with E-state index in [2.05, 4.69) is 43.2 Å². The van der Waals surface area contributed by atoms with Gasteiger partial charge >= 0.3 is 0 Å². The van der Waals surface area contributed by atoms with Crippen LogP contribution in [0.4, 0.5) is 0 Å². The number of terminal acetylenes is 1. The summed E-state index contributed by atoms with van der Waals surface area (Å²) in [5.74, 6) is 1.80. The van der Waals surface area contributed by atoms with Crippen LogP contribution in [-0.2, 0) is 11.2 Å². The molecule has 2 nitrogen and oxygen atoms in total. The van der Waals surface area contributed by atoms with Crippen molar-refractivity contribution in [1.82, 2.24) is 0 Å². The highest BCUT2D eigenvalue weighted by Gasteiger charge is 2.10. The first-order valence-corrected chi connectivity index (χ1v) is 7.19. The van der Waals surface area contributed by atoms with Crippen LogP contribution in [0.25, 0.3) is 0 Å². The molecule has 0 aliphatic carbocycles. The fourth-order valence-corrected chi connectivity index (χ4v) is 2.55. The Morgan fingerprint density at radius 2 is 2.05 bits per heavy atom. The third-order valence-corrected chi connectivity index (χ3v) is 3.62. The molecule has 0 saturated carbocycles. The van der Waals surface area contributed by atoms with E-state index in [0.29, 0.717) is 0 Å². The molecular weight excluding hydrogens is 266 g/mol. The molecule has 1 heterocycles. The van der Waals surface area contributed by atoms with Gasteiger partial charge in [-0.2, -0.15) is 0 Å². The fraction of sp³-hybridized carbons (Fsp3) is 0.176. The lowest BCUT2D eigenvalue weighted by atomic mass is 10.1. The van der Waals surface area contributed by atoms with Crippen molar-refractivity contribution in [2.45, 2.75) is 6.42 Å². The molecule has 2 rings (SSSR count). The van der Waals surface area contributed by atoms with Gasteiger partial charge in [-0.1, -0.05) is 36.4 Å². The van der Waals surface area contributed by atoms with Crippen molar-refractivity contribution in [3.8, 4) is 12.8 Å². The first-order valence-electron chi connectivity index (χ1n) is 6.20. The zero-order chi connectivity index (χ0) is 14.8. The number of thioether (sulfide) groups is 1. The summed E-state index contributed by atoms with van der Waals surface area (Å²) in [4.78, 5) is 0. The second-order valence-corrected chi connectivity index (χ2v) is 5.07. The molecular formula is C17H19NOS. The van der Waals surface area contributed by atoms with E-state index in [1.807, 2.05) is 18.2 Å². The topological polar surface area (TPSA) is 35.2 Å². The number of rotatable bonds is 4. The molecule has 104 valence electrons. The lowest BCUT2D eigenvalue weighted by molar-refractivity contribution is 0.303. The van der Waals surface area contributed by atoms with Gasteiger partial charge in [-0.3, -0.25) is 0 Å². The van der Waals surface area contributed by atoms with Crippen LogP contribution in [0, 0.1) is 12.8 Å². The van der Waals surface area contributed by atoms with Crippen molar-refractivity contribution in [2.75, 3.05) is 12.9 Å². The van der Waals surface area contributed by atoms with Crippen LogP contribution in [0.3, 0.4) is 0 Å². The molecule has 0 aromatic heterocycles. The standard InChI is InChI=1S/C15H17NOS.C2H2/c1-17-14(13-10-15(16)18-11-13)9-5-8-12-6-3-2-4-7-12;1-2/h2-7,9-10H,8,11,16H2,1H3;1-2H/b9-5-,14-13+;. The van der Waals surface area contributed by atoms with Gasteiger partial charge in [0.2, 0.25) is 0 Å². The van der Waals surface area contributed by atoms with Crippen LogP contribution >= 0.6 is 11.8 Å². The summed E-state index contributed by atoms with van der Waals surface area (Å²) in [5, 5.41) is 0.857. The van der Waals surface area contributed by atoms with Gasteiger partial charge in [0.05, 0.1) is 12.1 Å². The molecule has 0 saturated heterocycles. The summed E-state index contributed by atoms with van der Waals surface area (Å²) >= 11 is 1.65. The van der Waals surface area contributed by atoms with Crippen LogP contribution in [0.1, 0.15) is 5.56 Å². The molecule has 0 unspecified atom stereocenters. The van der Waals surface area contributed by atoms with Gasteiger partial charge < -0.3 is 10.5 Å². The molecule has 0 bridgehead atoms. The highest BCUT2D eigenvalue weighted by Crippen LogP contribution is 2.27. The molecule has 0 atom stereocenters. The number of benzene rings is 1. The maximum absolute atomic E-state index is 5.75. The zero-order valence-corrected chi connectivity index (χ0v) is 12.4. The molecule has 0 radical (unpaired) electrons. The lowest BCUT2D eigenvalue weighted by Crippen LogP contribution is -1.90. The average Bonchev–Trinajstić information content (AvgIpc) is 2.93. The molecule has 1 aromatic carbocycles. The Balaban J connectivity index is 0.000000956. The fourth-order valence-electron chi connectivity index (χ4n) is 1.78. The van der Waals surface area contributed by atoms with E-state index in [4.69, 9.17) is 10.5 Å². The summed E-state index contributed by atoms with van der Waals surface area (Å²) in [6, 6.07) is 10.4. The van der Waals surface area contributed by atoms with E-state index in [9.17, 15) is 0 Å². The predicted molar refractivity (Wildman–Crippen MR) is 87.9 cm³/mol. The van der Waals surface area contributed by atoms with Crippen molar-refractivity contribution in [3.63, 3.8) is 0 Å². The first kappa shape index (κ1) is 16.0. The van der Waals surface area contributed by atoms with Gasteiger partial charge in [0.15, 0.2) is 0 Å². The van der Waals surface area contributed by atoms with Gasteiger partial charge in [-0.05, 0) is 24.1 Å². The van der Waals surface area contributed by atoms with Gasteiger partial charge in [-0.15, -0.1) is 24.6 Å². The third-order valence-electron chi connectivity index (χ3n) is 2.71. The molecule has 3 heteroatoms. The summed E-state index contributed by atoms with van der Waals surface area (Å²) in [7, 11) is 1.70. The summed E-state index contributed by atoms with van der Waals surface area (Å²) < 4.78 is 5.40. The SMILES string of the molecule is C#C.COC(/C=C\Cc1ccccc1)=C1\C=C(N)SC1. The third kappa shape index (κ3) is 4.91. The molecule has 1 aromatic rings. The number of nitrogens with two attached hydrogens (primary N) is 1. The van der Waals surface area contributed by atoms with Crippen LogP contribution in [0.2, 0.25) is 0 Å². The second-order valence-electron chi connectivity index (χ2n) is 4.02. The number of allylic oxidation sites excluding steroid dienone is 3. The number of hydrogen-bond donors (Lipinski definition) is 1. The van der Waals surface area contributed by atoms with Gasteiger partial charge in [0.25, 0.3) is 0 Å². The number of ether oxygens (including phenoxy) is 1. The van der Waals surface area contributed by atoms with E-state index in [1.165, 1.54) is 5.56 Å². The minimum Gasteiger partial charge on any atom is -0.496 e. The van der Waals surface area contributed by atoms with Gasteiger partial charge in [0, 0.05) is 11.3 Å². The van der Waals surface area contributed by atoms with E-state index in [1.54, 1.807) is 18.9 Å². The second kappa shape index (κ2) is 8.95. The first-order chi connectivity index (χ1) is 9.79. The Hall–Kier alpha value is -2.05. The Morgan fingerprint density at radius 1 is 1.35 bits per heavy atom. The molecule has 1 aliphatic heterocycles. The van der Waals surface area contributed by atoms with Crippen molar-refractivity contribution < 1.29 is 4.74 Å². The van der Waals surface area contributed by atoms with E-state index >= 15 is 0 Å². The maximum atomic E-state index is 5.75. The molecule has 0 amide bonds. The molecule has 2 N–H and O–H groups in total.